The summed E-state index contributed by atoms with van der Waals surface area (Å²) in [6.45, 7) is 0. The SMILES string of the molecule is Cn1cc(C2CCCC2)c2ccc(C(=O)[O-])cc21. The van der Waals surface area contributed by atoms with Crippen molar-refractivity contribution in [2.75, 3.05) is 0 Å². The molecule has 1 fully saturated rings. The van der Waals surface area contributed by atoms with E-state index < -0.39 is 5.97 Å². The molecule has 2 aromatic rings. The van der Waals surface area contributed by atoms with Gasteiger partial charge in [0.2, 0.25) is 0 Å². The van der Waals surface area contributed by atoms with Crippen molar-refractivity contribution in [3.8, 4) is 0 Å². The highest BCUT2D eigenvalue weighted by Gasteiger charge is 2.21. The van der Waals surface area contributed by atoms with Crippen LogP contribution in [-0.2, 0) is 7.05 Å². The smallest absolute Gasteiger partial charge is 0.0716 e. The molecular formula is C15H16NO2-. The second-order valence-electron chi connectivity index (χ2n) is 5.20. The van der Waals surface area contributed by atoms with E-state index in [-0.39, 0.29) is 5.56 Å². The number of hydrogen-bond acceptors (Lipinski definition) is 2. The quantitative estimate of drug-likeness (QED) is 0.810. The number of aromatic carboxylic acids is 1. The molecule has 1 heterocycles. The Labute approximate surface area is 106 Å². The number of aromatic nitrogens is 1. The van der Waals surface area contributed by atoms with E-state index in [4.69, 9.17) is 0 Å². The maximum Gasteiger partial charge on any atom is 0.0716 e. The van der Waals surface area contributed by atoms with E-state index in [2.05, 4.69) is 6.20 Å². The van der Waals surface area contributed by atoms with Crippen LogP contribution in [0.2, 0.25) is 0 Å². The molecule has 0 bridgehead atoms. The van der Waals surface area contributed by atoms with E-state index in [1.54, 1.807) is 12.1 Å². The summed E-state index contributed by atoms with van der Waals surface area (Å²) in [4.78, 5) is 10.9. The number of benzene rings is 1. The average Bonchev–Trinajstić information content (AvgIpc) is 2.97. The van der Waals surface area contributed by atoms with Crippen LogP contribution in [0.3, 0.4) is 0 Å². The Kier molecular flexibility index (Phi) is 2.62. The average molecular weight is 242 g/mol. The Morgan fingerprint density at radius 3 is 2.72 bits per heavy atom. The monoisotopic (exact) mass is 242 g/mol. The molecule has 0 unspecified atom stereocenters. The maximum atomic E-state index is 10.9. The second kappa shape index (κ2) is 4.16. The minimum Gasteiger partial charge on any atom is -0.545 e. The van der Waals surface area contributed by atoms with Crippen molar-refractivity contribution in [2.45, 2.75) is 31.6 Å². The van der Waals surface area contributed by atoms with Gasteiger partial charge in [0.15, 0.2) is 0 Å². The summed E-state index contributed by atoms with van der Waals surface area (Å²) in [5, 5.41) is 12.1. The Morgan fingerprint density at radius 1 is 1.33 bits per heavy atom. The highest BCUT2D eigenvalue weighted by molar-refractivity contribution is 5.93. The molecule has 3 heteroatoms. The maximum absolute atomic E-state index is 10.9. The van der Waals surface area contributed by atoms with Crippen molar-refractivity contribution in [3.63, 3.8) is 0 Å². The van der Waals surface area contributed by atoms with Crippen LogP contribution >= 0.6 is 0 Å². The van der Waals surface area contributed by atoms with E-state index in [9.17, 15) is 9.90 Å². The highest BCUT2D eigenvalue weighted by Crippen LogP contribution is 2.38. The molecular weight excluding hydrogens is 226 g/mol. The number of nitrogens with zero attached hydrogens (tertiary/aromatic N) is 1. The number of carbonyl (C=O) groups is 1. The second-order valence-corrected chi connectivity index (χ2v) is 5.20. The van der Waals surface area contributed by atoms with Crippen LogP contribution in [-0.4, -0.2) is 10.5 Å². The molecule has 0 radical (unpaired) electrons. The zero-order valence-corrected chi connectivity index (χ0v) is 10.5. The van der Waals surface area contributed by atoms with Crippen molar-refractivity contribution in [2.24, 2.45) is 7.05 Å². The number of carboxylic acids is 1. The van der Waals surface area contributed by atoms with E-state index in [0.717, 1.165) is 5.52 Å². The van der Waals surface area contributed by atoms with Gasteiger partial charge in [-0.3, -0.25) is 0 Å². The fourth-order valence-corrected chi connectivity index (χ4v) is 3.10. The first-order chi connectivity index (χ1) is 8.66. The van der Waals surface area contributed by atoms with Gasteiger partial charge in [-0.05, 0) is 36.0 Å². The molecule has 1 saturated carbocycles. The van der Waals surface area contributed by atoms with Crippen LogP contribution < -0.4 is 5.11 Å². The first kappa shape index (κ1) is 11.3. The summed E-state index contributed by atoms with van der Waals surface area (Å²) in [5.41, 5.74) is 2.61. The third-order valence-corrected chi connectivity index (χ3v) is 4.05. The predicted octanol–water partition coefficient (Wildman–Crippen LogP) is 2.20. The minimum atomic E-state index is -1.11. The summed E-state index contributed by atoms with van der Waals surface area (Å²) in [5.74, 6) is -0.469. The van der Waals surface area contributed by atoms with Crippen molar-refractivity contribution in [3.05, 3.63) is 35.5 Å². The van der Waals surface area contributed by atoms with Gasteiger partial charge in [0.05, 0.1) is 5.97 Å². The Balaban J connectivity index is 2.14. The third kappa shape index (κ3) is 1.70. The fourth-order valence-electron chi connectivity index (χ4n) is 3.10. The molecule has 3 nitrogen and oxygen atoms in total. The lowest BCUT2D eigenvalue weighted by atomic mass is 9.97. The van der Waals surface area contributed by atoms with Crippen LogP contribution in [0.1, 0.15) is 47.5 Å². The van der Waals surface area contributed by atoms with E-state index >= 15 is 0 Å². The molecule has 1 aromatic carbocycles. The Bertz CT molecular complexity index is 606. The molecule has 0 spiro atoms. The van der Waals surface area contributed by atoms with Crippen LogP contribution in [0, 0.1) is 0 Å². The summed E-state index contributed by atoms with van der Waals surface area (Å²) >= 11 is 0. The highest BCUT2D eigenvalue weighted by atomic mass is 16.4. The molecule has 0 N–H and O–H groups in total. The summed E-state index contributed by atoms with van der Waals surface area (Å²) < 4.78 is 2.02. The number of carbonyl (C=O) groups excluding carboxylic acids is 1. The third-order valence-electron chi connectivity index (χ3n) is 4.05. The molecule has 94 valence electrons. The predicted molar refractivity (Wildman–Crippen MR) is 68.5 cm³/mol. The van der Waals surface area contributed by atoms with Gasteiger partial charge < -0.3 is 14.5 Å². The largest absolute Gasteiger partial charge is 0.545 e. The van der Waals surface area contributed by atoms with Crippen molar-refractivity contribution in [1.82, 2.24) is 4.57 Å². The van der Waals surface area contributed by atoms with Gasteiger partial charge in [-0.1, -0.05) is 25.0 Å². The lowest BCUT2D eigenvalue weighted by Gasteiger charge is -2.08. The molecule has 1 aliphatic rings. The van der Waals surface area contributed by atoms with Crippen LogP contribution in [0.4, 0.5) is 0 Å². The zero-order valence-electron chi connectivity index (χ0n) is 10.5. The first-order valence-corrected chi connectivity index (χ1v) is 6.47. The zero-order chi connectivity index (χ0) is 12.7. The molecule has 0 atom stereocenters. The van der Waals surface area contributed by atoms with Gasteiger partial charge in [-0.25, -0.2) is 0 Å². The van der Waals surface area contributed by atoms with E-state index in [1.165, 1.54) is 36.6 Å². The molecule has 0 aliphatic heterocycles. The van der Waals surface area contributed by atoms with Crippen molar-refractivity contribution in [1.29, 1.82) is 0 Å². The molecule has 1 aromatic heterocycles. The van der Waals surface area contributed by atoms with Crippen LogP contribution in [0.5, 0.6) is 0 Å². The number of rotatable bonds is 2. The van der Waals surface area contributed by atoms with Gasteiger partial charge in [-0.15, -0.1) is 0 Å². The summed E-state index contributed by atoms with van der Waals surface area (Å²) in [7, 11) is 1.97. The fraction of sp³-hybridized carbons (Fsp3) is 0.400. The van der Waals surface area contributed by atoms with Gasteiger partial charge in [0, 0.05) is 24.1 Å². The number of carboxylic acid groups (broad SMARTS) is 1. The molecule has 0 saturated heterocycles. The lowest BCUT2D eigenvalue weighted by molar-refractivity contribution is -0.255. The molecule has 0 amide bonds. The summed E-state index contributed by atoms with van der Waals surface area (Å²) in [6, 6.07) is 5.29. The van der Waals surface area contributed by atoms with Gasteiger partial charge >= 0.3 is 0 Å². The van der Waals surface area contributed by atoms with Crippen LogP contribution in [0.15, 0.2) is 24.4 Å². The first-order valence-electron chi connectivity index (χ1n) is 6.47. The minimum absolute atomic E-state index is 0.252. The molecule has 3 rings (SSSR count). The Morgan fingerprint density at radius 2 is 2.06 bits per heavy atom. The van der Waals surface area contributed by atoms with Gasteiger partial charge in [-0.2, -0.15) is 0 Å². The van der Waals surface area contributed by atoms with E-state index in [1.807, 2.05) is 17.7 Å². The topological polar surface area (TPSA) is 45.1 Å². The number of aryl methyl sites for hydroxylation is 1. The van der Waals surface area contributed by atoms with Crippen LogP contribution in [0.25, 0.3) is 10.9 Å². The number of hydrogen-bond donors (Lipinski definition) is 0. The normalized spacial score (nSPS) is 16.5. The van der Waals surface area contributed by atoms with Gasteiger partial charge in [0.1, 0.15) is 0 Å². The number of fused-ring (bicyclic) bond motifs is 1. The van der Waals surface area contributed by atoms with E-state index in [0.29, 0.717) is 5.92 Å². The Hall–Kier alpha value is -1.77. The standard InChI is InChI=1S/C15H17NO2/c1-16-9-13(10-4-2-3-5-10)12-7-6-11(15(17)18)8-14(12)16/h6-10H,2-5H2,1H3,(H,17,18)/p-1. The van der Waals surface area contributed by atoms with Crippen molar-refractivity contribution >= 4 is 16.9 Å². The molecule has 1 aliphatic carbocycles. The molecule has 18 heavy (non-hydrogen) atoms. The van der Waals surface area contributed by atoms with Crippen molar-refractivity contribution < 1.29 is 9.90 Å². The lowest BCUT2D eigenvalue weighted by Crippen LogP contribution is -2.22. The van der Waals surface area contributed by atoms with Gasteiger partial charge in [0.25, 0.3) is 0 Å². The summed E-state index contributed by atoms with van der Waals surface area (Å²) in [6.07, 6.45) is 7.26.